The molecule has 0 fully saturated rings. The number of amides is 2. The first-order valence-electron chi connectivity index (χ1n) is 13.0. The van der Waals surface area contributed by atoms with E-state index in [9.17, 15) is 14.7 Å². The van der Waals surface area contributed by atoms with Gasteiger partial charge in [0.1, 0.15) is 17.5 Å². The van der Waals surface area contributed by atoms with Crippen LogP contribution in [0, 0.1) is 5.92 Å². The molecule has 2 aliphatic heterocycles. The number of para-hydroxylation sites is 1. The molecule has 0 spiro atoms. The Morgan fingerprint density at radius 1 is 1.22 bits per heavy atom. The molecule has 2 amide bonds. The van der Waals surface area contributed by atoms with Crippen LogP contribution in [0.15, 0.2) is 47.5 Å². The summed E-state index contributed by atoms with van der Waals surface area (Å²) in [5.74, 6) is 0.665. The number of carbonyl (C=O) groups excluding carboxylic acids is 2. The Hall–Kier alpha value is -3.39. The van der Waals surface area contributed by atoms with Crippen molar-refractivity contribution in [2.24, 2.45) is 16.6 Å². The minimum Gasteiger partial charge on any atom is -0.485 e. The number of hydrogen-bond acceptors (Lipinski definition) is 6. The van der Waals surface area contributed by atoms with Crippen molar-refractivity contribution in [1.29, 1.82) is 0 Å². The lowest BCUT2D eigenvalue weighted by Crippen LogP contribution is -2.53. The van der Waals surface area contributed by atoms with Gasteiger partial charge in [0.2, 0.25) is 5.91 Å². The van der Waals surface area contributed by atoms with Crippen molar-refractivity contribution in [3.63, 3.8) is 0 Å². The molecule has 3 aliphatic rings. The Morgan fingerprint density at radius 2 is 1.95 bits per heavy atom. The normalized spacial score (nSPS) is 30.2. The van der Waals surface area contributed by atoms with E-state index in [1.54, 1.807) is 24.8 Å². The van der Waals surface area contributed by atoms with Crippen LogP contribution in [0.3, 0.4) is 0 Å². The van der Waals surface area contributed by atoms with Crippen LogP contribution >= 0.6 is 0 Å². The van der Waals surface area contributed by atoms with Crippen LogP contribution in [0.5, 0.6) is 5.75 Å². The van der Waals surface area contributed by atoms with Gasteiger partial charge < -0.3 is 20.9 Å². The van der Waals surface area contributed by atoms with Crippen LogP contribution in [0.25, 0.3) is 0 Å². The fraction of sp³-hybridized carbons (Fsp3) is 0.483. The van der Waals surface area contributed by atoms with Crippen LogP contribution in [0.2, 0.25) is 0 Å². The SMILES string of the molecule is CC[C@]1(C)CC(=O)N([C@H]2c3cc(C(=O)N[C@@H]4c5ccccc5OC(C)(C)[C@H]4O)ccc3C[C@@H]2C)C(N)=N1. The summed E-state index contributed by atoms with van der Waals surface area (Å²) in [4.78, 5) is 33.1. The van der Waals surface area contributed by atoms with Gasteiger partial charge in [0.05, 0.1) is 24.0 Å². The number of rotatable bonds is 4. The van der Waals surface area contributed by atoms with Gasteiger partial charge in [0, 0.05) is 11.1 Å². The Morgan fingerprint density at radius 3 is 2.65 bits per heavy atom. The summed E-state index contributed by atoms with van der Waals surface area (Å²) >= 11 is 0. The molecule has 4 N–H and O–H groups in total. The highest BCUT2D eigenvalue weighted by Crippen LogP contribution is 2.43. The fourth-order valence-electron chi connectivity index (χ4n) is 5.89. The third-order valence-corrected chi connectivity index (χ3v) is 8.22. The highest BCUT2D eigenvalue weighted by atomic mass is 16.5. The molecule has 0 unspecified atom stereocenters. The third-order valence-electron chi connectivity index (χ3n) is 8.22. The molecular formula is C29H36N4O4. The van der Waals surface area contributed by atoms with Crippen LogP contribution in [-0.4, -0.2) is 45.0 Å². The zero-order valence-corrected chi connectivity index (χ0v) is 22.1. The number of aliphatic imine (C=N–C) groups is 1. The molecule has 5 rings (SSSR count). The number of fused-ring (bicyclic) bond motifs is 2. The summed E-state index contributed by atoms with van der Waals surface area (Å²) in [6, 6.07) is 12.1. The summed E-state index contributed by atoms with van der Waals surface area (Å²) in [6.45, 7) is 9.66. The monoisotopic (exact) mass is 504 g/mol. The lowest BCUT2D eigenvalue weighted by molar-refractivity contribution is -0.132. The lowest BCUT2D eigenvalue weighted by atomic mass is 9.86. The molecule has 0 saturated heterocycles. The van der Waals surface area contributed by atoms with Gasteiger partial charge in [-0.05, 0) is 68.9 Å². The van der Waals surface area contributed by atoms with Gasteiger partial charge in [-0.3, -0.25) is 14.5 Å². The van der Waals surface area contributed by atoms with E-state index in [0.717, 1.165) is 29.5 Å². The zero-order valence-electron chi connectivity index (χ0n) is 22.1. The van der Waals surface area contributed by atoms with Crippen molar-refractivity contribution < 1.29 is 19.4 Å². The Labute approximate surface area is 217 Å². The number of nitrogens with zero attached hydrogens (tertiary/aromatic N) is 2. The summed E-state index contributed by atoms with van der Waals surface area (Å²) < 4.78 is 5.98. The summed E-state index contributed by atoms with van der Waals surface area (Å²) in [5, 5.41) is 14.1. The largest absolute Gasteiger partial charge is 0.485 e. The van der Waals surface area contributed by atoms with E-state index >= 15 is 0 Å². The fourth-order valence-corrected chi connectivity index (χ4v) is 5.89. The van der Waals surface area contributed by atoms with Gasteiger partial charge in [0.25, 0.3) is 5.91 Å². The highest BCUT2D eigenvalue weighted by molar-refractivity contribution is 6.00. The predicted molar refractivity (Wildman–Crippen MR) is 141 cm³/mol. The highest BCUT2D eigenvalue weighted by Gasteiger charge is 2.45. The number of guanidine groups is 1. The molecule has 196 valence electrons. The van der Waals surface area contributed by atoms with Crippen molar-refractivity contribution >= 4 is 17.8 Å². The van der Waals surface area contributed by atoms with Crippen molar-refractivity contribution in [2.75, 3.05) is 0 Å². The maximum Gasteiger partial charge on any atom is 0.251 e. The van der Waals surface area contributed by atoms with E-state index in [-0.39, 0.29) is 29.7 Å². The van der Waals surface area contributed by atoms with Gasteiger partial charge in [-0.15, -0.1) is 0 Å². The molecule has 2 aromatic carbocycles. The first-order chi connectivity index (χ1) is 17.4. The number of carbonyl (C=O) groups is 2. The number of benzene rings is 2. The average molecular weight is 505 g/mol. The van der Waals surface area contributed by atoms with Gasteiger partial charge in [-0.1, -0.05) is 38.1 Å². The molecule has 0 radical (unpaired) electrons. The zero-order chi connectivity index (χ0) is 26.7. The third kappa shape index (κ3) is 4.27. The maximum absolute atomic E-state index is 13.5. The van der Waals surface area contributed by atoms with E-state index in [0.29, 0.717) is 17.7 Å². The summed E-state index contributed by atoms with van der Waals surface area (Å²) in [7, 11) is 0. The smallest absolute Gasteiger partial charge is 0.251 e. The number of aliphatic hydroxyl groups excluding tert-OH is 1. The van der Waals surface area contributed by atoms with Crippen LogP contribution in [0.1, 0.15) is 86.6 Å². The number of hydrogen-bond donors (Lipinski definition) is 3. The topological polar surface area (TPSA) is 117 Å². The molecule has 37 heavy (non-hydrogen) atoms. The maximum atomic E-state index is 13.5. The Balaban J connectivity index is 1.46. The van der Waals surface area contributed by atoms with Gasteiger partial charge >= 0.3 is 0 Å². The first-order valence-corrected chi connectivity index (χ1v) is 13.0. The second kappa shape index (κ2) is 8.87. The van der Waals surface area contributed by atoms with Crippen molar-refractivity contribution in [3.05, 3.63) is 64.7 Å². The van der Waals surface area contributed by atoms with Crippen LogP contribution < -0.4 is 15.8 Å². The van der Waals surface area contributed by atoms with E-state index in [1.165, 1.54) is 0 Å². The number of nitrogens with two attached hydrogens (primary N) is 1. The van der Waals surface area contributed by atoms with E-state index in [2.05, 4.69) is 17.2 Å². The van der Waals surface area contributed by atoms with Crippen LogP contribution in [-0.2, 0) is 11.2 Å². The van der Waals surface area contributed by atoms with Crippen molar-refractivity contribution in [1.82, 2.24) is 10.2 Å². The molecule has 2 heterocycles. The molecular weight excluding hydrogens is 468 g/mol. The second-order valence-corrected chi connectivity index (χ2v) is 11.4. The molecule has 5 atom stereocenters. The number of ether oxygens (including phenoxy) is 1. The Bertz CT molecular complexity index is 1290. The van der Waals surface area contributed by atoms with E-state index in [1.807, 2.05) is 50.2 Å². The molecule has 0 bridgehead atoms. The standard InChI is InChI=1S/C29H36N4O4/c1-6-29(5)15-22(34)33(27(30)32-29)24-16(2)13-17-11-12-18(14-20(17)24)26(36)31-23-19-9-7-8-10-21(19)37-28(3,4)25(23)35/h7-12,14,16,23-25,35H,6,13,15H2,1-5H3,(H2,30,32)(H,31,36)/t16-,23+,24+,25-,29+/m0/s1. The molecule has 0 aromatic heterocycles. The lowest BCUT2D eigenvalue weighted by Gasteiger charge is -2.42. The molecule has 2 aromatic rings. The Kier molecular flexibility index (Phi) is 6.06. The summed E-state index contributed by atoms with van der Waals surface area (Å²) in [5.41, 5.74) is 8.21. The van der Waals surface area contributed by atoms with E-state index in [4.69, 9.17) is 10.5 Å². The summed E-state index contributed by atoms with van der Waals surface area (Å²) in [6.07, 6.45) is 0.875. The van der Waals surface area contributed by atoms with Crippen molar-refractivity contribution in [2.45, 2.75) is 83.2 Å². The number of nitrogens with one attached hydrogen (secondary N) is 1. The second-order valence-electron chi connectivity index (χ2n) is 11.4. The minimum absolute atomic E-state index is 0.0411. The predicted octanol–water partition coefficient (Wildman–Crippen LogP) is 3.64. The van der Waals surface area contributed by atoms with Gasteiger partial charge in [-0.25, -0.2) is 4.99 Å². The first kappa shape index (κ1) is 25.3. The quantitative estimate of drug-likeness (QED) is 0.588. The molecule has 1 aliphatic carbocycles. The van der Waals surface area contributed by atoms with Gasteiger partial charge in [0.15, 0.2) is 5.96 Å². The molecule has 0 saturated carbocycles. The van der Waals surface area contributed by atoms with Crippen LogP contribution in [0.4, 0.5) is 0 Å². The van der Waals surface area contributed by atoms with Crippen molar-refractivity contribution in [3.8, 4) is 5.75 Å². The average Bonchev–Trinajstić information content (AvgIpc) is 3.16. The molecule has 8 nitrogen and oxygen atoms in total. The molecule has 8 heteroatoms. The number of aliphatic hydroxyl groups is 1. The van der Waals surface area contributed by atoms with E-state index < -0.39 is 23.3 Å². The minimum atomic E-state index is -0.941. The van der Waals surface area contributed by atoms with Gasteiger partial charge in [-0.2, -0.15) is 0 Å².